The number of hydrogen-bond acceptors (Lipinski definition) is 2. The lowest BCUT2D eigenvalue weighted by atomic mass is 10.0. The molecule has 1 aromatic carbocycles. The van der Waals surface area contributed by atoms with Gasteiger partial charge in [-0.25, -0.2) is 27.2 Å². The molecule has 1 aliphatic heterocycles. The van der Waals surface area contributed by atoms with Crippen molar-refractivity contribution >= 4 is 0 Å². The van der Waals surface area contributed by atoms with Crippen molar-refractivity contribution in [1.29, 1.82) is 0 Å². The van der Waals surface area contributed by atoms with E-state index in [0.717, 1.165) is 0 Å². The van der Waals surface area contributed by atoms with Crippen LogP contribution < -0.4 is 0 Å². The van der Waals surface area contributed by atoms with Crippen LogP contribution in [0.1, 0.15) is 42.3 Å². The number of nitrogens with zero attached hydrogens (tertiary/aromatic N) is 3. The Bertz CT molecular complexity index is 727. The Morgan fingerprint density at radius 3 is 2.68 bits per heavy atom. The molecule has 0 amide bonds. The molecule has 7 heteroatoms. The SMILES string of the molecule is Fc1ccccc1[C@@H]1C[C@H](F)c2nc(CC3CC3(F)F)nn21. The average molecular weight is 311 g/mol. The van der Waals surface area contributed by atoms with Crippen molar-refractivity contribution in [1.82, 2.24) is 14.8 Å². The fraction of sp³-hybridized carbons (Fsp3) is 0.467. The third-order valence-corrected chi connectivity index (χ3v) is 4.36. The van der Waals surface area contributed by atoms with Crippen molar-refractivity contribution in [3.8, 4) is 0 Å². The van der Waals surface area contributed by atoms with E-state index in [2.05, 4.69) is 10.1 Å². The maximum Gasteiger partial charge on any atom is 0.252 e. The molecule has 1 unspecified atom stereocenters. The topological polar surface area (TPSA) is 30.7 Å². The molecule has 3 atom stereocenters. The molecule has 0 saturated heterocycles. The van der Waals surface area contributed by atoms with Gasteiger partial charge in [-0.15, -0.1) is 0 Å². The van der Waals surface area contributed by atoms with Crippen LogP contribution in [0.4, 0.5) is 17.6 Å². The van der Waals surface area contributed by atoms with Gasteiger partial charge in [-0.3, -0.25) is 0 Å². The lowest BCUT2D eigenvalue weighted by molar-refractivity contribution is 0.0984. The van der Waals surface area contributed by atoms with E-state index >= 15 is 0 Å². The Morgan fingerprint density at radius 2 is 2.00 bits per heavy atom. The van der Waals surface area contributed by atoms with Crippen LogP contribution in [0.3, 0.4) is 0 Å². The number of alkyl halides is 3. The summed E-state index contributed by atoms with van der Waals surface area (Å²) in [5.74, 6) is -3.54. The monoisotopic (exact) mass is 311 g/mol. The first-order valence-corrected chi connectivity index (χ1v) is 7.17. The van der Waals surface area contributed by atoms with E-state index in [0.29, 0.717) is 5.56 Å². The van der Waals surface area contributed by atoms with E-state index in [4.69, 9.17) is 0 Å². The molecular weight excluding hydrogens is 298 g/mol. The second-order valence-electron chi connectivity index (χ2n) is 5.94. The van der Waals surface area contributed by atoms with Crippen LogP contribution in [0.25, 0.3) is 0 Å². The van der Waals surface area contributed by atoms with E-state index in [1.165, 1.54) is 10.7 Å². The Hall–Kier alpha value is -1.92. The summed E-state index contributed by atoms with van der Waals surface area (Å²) in [5.41, 5.74) is 0.345. The minimum Gasteiger partial charge on any atom is -0.239 e. The summed E-state index contributed by atoms with van der Waals surface area (Å²) >= 11 is 0. The highest BCUT2D eigenvalue weighted by Crippen LogP contribution is 2.50. The molecule has 2 heterocycles. The van der Waals surface area contributed by atoms with Crippen molar-refractivity contribution in [2.45, 2.75) is 37.4 Å². The molecule has 2 aromatic rings. The molecule has 3 nitrogen and oxygen atoms in total. The van der Waals surface area contributed by atoms with Crippen LogP contribution in [-0.2, 0) is 6.42 Å². The summed E-state index contributed by atoms with van der Waals surface area (Å²) in [6.45, 7) is 0. The number of aromatic nitrogens is 3. The van der Waals surface area contributed by atoms with Gasteiger partial charge >= 0.3 is 0 Å². The Kier molecular flexibility index (Phi) is 2.83. The fourth-order valence-corrected chi connectivity index (χ4v) is 3.03. The standard InChI is InChI=1S/C15H13F4N3/c16-10-4-2-1-3-9(10)12-6-11(17)14-20-13(21-22(12)14)5-8-7-15(8,18)19/h1-4,8,11-12H,5-7H2/t8?,11-,12-/m0/s1. The molecule has 2 aliphatic rings. The predicted octanol–water partition coefficient (Wildman–Crippen LogP) is 3.62. The summed E-state index contributed by atoms with van der Waals surface area (Å²) in [6.07, 6.45) is -1.43. The number of halogens is 4. The molecular formula is C15H13F4N3. The first kappa shape index (κ1) is 13.7. The number of rotatable bonds is 3. The summed E-state index contributed by atoms with van der Waals surface area (Å²) in [7, 11) is 0. The number of hydrogen-bond donors (Lipinski definition) is 0. The number of fused-ring (bicyclic) bond motifs is 1. The Balaban J connectivity index is 1.65. The molecule has 4 rings (SSSR count). The van der Waals surface area contributed by atoms with Crippen molar-refractivity contribution in [2.24, 2.45) is 5.92 Å². The largest absolute Gasteiger partial charge is 0.252 e. The fourth-order valence-electron chi connectivity index (χ4n) is 3.03. The summed E-state index contributed by atoms with van der Waals surface area (Å²) in [6, 6.07) is 5.55. The highest BCUT2D eigenvalue weighted by atomic mass is 19.3. The zero-order valence-corrected chi connectivity index (χ0v) is 11.5. The zero-order valence-electron chi connectivity index (χ0n) is 11.5. The van der Waals surface area contributed by atoms with Crippen LogP contribution in [-0.4, -0.2) is 20.7 Å². The normalized spacial score (nSPS) is 28.6. The zero-order chi connectivity index (χ0) is 15.5. The highest BCUT2D eigenvalue weighted by Gasteiger charge is 2.57. The van der Waals surface area contributed by atoms with Crippen molar-refractivity contribution < 1.29 is 17.6 Å². The molecule has 0 spiro atoms. The van der Waals surface area contributed by atoms with Crippen molar-refractivity contribution in [3.05, 3.63) is 47.3 Å². The first-order chi connectivity index (χ1) is 10.5. The Labute approximate surface area is 124 Å². The van der Waals surface area contributed by atoms with Crippen LogP contribution in [0.5, 0.6) is 0 Å². The molecule has 1 fully saturated rings. The third-order valence-electron chi connectivity index (χ3n) is 4.36. The van der Waals surface area contributed by atoms with Gasteiger partial charge in [0.05, 0.1) is 6.04 Å². The predicted molar refractivity (Wildman–Crippen MR) is 69.8 cm³/mol. The van der Waals surface area contributed by atoms with Gasteiger partial charge in [0.1, 0.15) is 5.82 Å². The molecule has 1 aliphatic carbocycles. The summed E-state index contributed by atoms with van der Waals surface area (Å²) in [5, 5.41) is 4.15. The van der Waals surface area contributed by atoms with E-state index in [9.17, 15) is 17.6 Å². The minimum atomic E-state index is -2.66. The van der Waals surface area contributed by atoms with Crippen LogP contribution >= 0.6 is 0 Å². The summed E-state index contributed by atoms with van der Waals surface area (Å²) in [4.78, 5) is 4.04. The van der Waals surface area contributed by atoms with Gasteiger partial charge in [0.25, 0.3) is 5.92 Å². The summed E-state index contributed by atoms with van der Waals surface area (Å²) < 4.78 is 55.3. The van der Waals surface area contributed by atoms with E-state index < -0.39 is 29.9 Å². The maximum absolute atomic E-state index is 14.1. The molecule has 0 N–H and O–H groups in total. The van der Waals surface area contributed by atoms with Crippen LogP contribution in [0, 0.1) is 11.7 Å². The van der Waals surface area contributed by atoms with Gasteiger partial charge in [0.15, 0.2) is 17.8 Å². The molecule has 1 aromatic heterocycles. The Morgan fingerprint density at radius 1 is 1.27 bits per heavy atom. The second kappa shape index (κ2) is 4.54. The van der Waals surface area contributed by atoms with Crippen LogP contribution in [0.2, 0.25) is 0 Å². The van der Waals surface area contributed by atoms with Gasteiger partial charge in [-0.05, 0) is 6.07 Å². The smallest absolute Gasteiger partial charge is 0.239 e. The third kappa shape index (κ3) is 2.10. The number of benzene rings is 1. The average Bonchev–Trinajstić information content (AvgIpc) is 2.81. The van der Waals surface area contributed by atoms with Gasteiger partial charge in [0, 0.05) is 30.7 Å². The lowest BCUT2D eigenvalue weighted by Crippen LogP contribution is -2.10. The van der Waals surface area contributed by atoms with Gasteiger partial charge in [0.2, 0.25) is 0 Å². The molecule has 0 radical (unpaired) electrons. The first-order valence-electron chi connectivity index (χ1n) is 7.17. The van der Waals surface area contributed by atoms with Crippen LogP contribution in [0.15, 0.2) is 24.3 Å². The highest BCUT2D eigenvalue weighted by molar-refractivity contribution is 5.25. The lowest BCUT2D eigenvalue weighted by Gasteiger charge is -2.12. The molecule has 0 bridgehead atoms. The van der Waals surface area contributed by atoms with Crippen molar-refractivity contribution in [2.75, 3.05) is 0 Å². The van der Waals surface area contributed by atoms with E-state index in [1.54, 1.807) is 18.2 Å². The van der Waals surface area contributed by atoms with E-state index in [-0.39, 0.29) is 30.9 Å². The minimum absolute atomic E-state index is 0.0315. The van der Waals surface area contributed by atoms with Gasteiger partial charge in [-0.2, -0.15) is 5.10 Å². The second-order valence-corrected chi connectivity index (χ2v) is 5.94. The molecule has 116 valence electrons. The van der Waals surface area contributed by atoms with Gasteiger partial charge < -0.3 is 0 Å². The maximum atomic E-state index is 14.1. The quantitative estimate of drug-likeness (QED) is 0.811. The van der Waals surface area contributed by atoms with E-state index in [1.807, 2.05) is 0 Å². The molecule has 22 heavy (non-hydrogen) atoms. The molecule has 1 saturated carbocycles. The van der Waals surface area contributed by atoms with Crippen molar-refractivity contribution in [3.63, 3.8) is 0 Å². The van der Waals surface area contributed by atoms with Gasteiger partial charge in [-0.1, -0.05) is 18.2 Å².